The average Bonchev–Trinajstić information content (AvgIpc) is 3.01. The van der Waals surface area contributed by atoms with Crippen LogP contribution in [0.1, 0.15) is 13.3 Å². The molecule has 1 fully saturated rings. The second kappa shape index (κ2) is 7.23. The van der Waals surface area contributed by atoms with E-state index in [1.165, 1.54) is 18.9 Å². The second-order valence-corrected chi connectivity index (χ2v) is 6.62. The lowest BCUT2D eigenvalue weighted by molar-refractivity contribution is -0.143. The summed E-state index contributed by atoms with van der Waals surface area (Å²) in [5, 5.41) is 8.98. The normalized spacial score (nSPS) is 20.0. The number of amides is 2. The summed E-state index contributed by atoms with van der Waals surface area (Å²) in [5.74, 6) is -1.83. The Hall–Kier alpha value is -2.77. The molecular weight excluding hydrogens is 340 g/mol. The van der Waals surface area contributed by atoms with E-state index in [9.17, 15) is 14.4 Å². The summed E-state index contributed by atoms with van der Waals surface area (Å²) in [5.41, 5.74) is 0.663. The van der Waals surface area contributed by atoms with Gasteiger partial charge in [-0.05, 0) is 18.6 Å². The van der Waals surface area contributed by atoms with Gasteiger partial charge in [-0.2, -0.15) is 0 Å². The number of carboxylic acid groups (broad SMARTS) is 1. The molecular formula is C18H22N2O6. The number of nitrogens with zero attached hydrogens (tertiary/aromatic N) is 2. The van der Waals surface area contributed by atoms with Gasteiger partial charge < -0.3 is 24.4 Å². The van der Waals surface area contributed by atoms with Gasteiger partial charge in [0.25, 0.3) is 0 Å². The number of ether oxygens (including phenoxy) is 2. The van der Waals surface area contributed by atoms with E-state index in [2.05, 4.69) is 0 Å². The van der Waals surface area contributed by atoms with Crippen LogP contribution in [-0.2, 0) is 14.4 Å². The number of fused-ring (bicyclic) bond motifs is 1. The molecule has 1 saturated heterocycles. The molecule has 1 aromatic rings. The summed E-state index contributed by atoms with van der Waals surface area (Å²) >= 11 is 0. The lowest BCUT2D eigenvalue weighted by Crippen LogP contribution is -2.40. The van der Waals surface area contributed by atoms with Gasteiger partial charge >= 0.3 is 5.97 Å². The molecule has 2 aliphatic rings. The highest BCUT2D eigenvalue weighted by molar-refractivity contribution is 6.09. The molecule has 8 nitrogen and oxygen atoms in total. The predicted molar refractivity (Wildman–Crippen MR) is 92.3 cm³/mol. The molecule has 0 radical (unpaired) electrons. The van der Waals surface area contributed by atoms with Crippen LogP contribution >= 0.6 is 0 Å². The number of carboxylic acids is 1. The molecule has 2 heterocycles. The first-order chi connectivity index (χ1) is 12.4. The number of anilines is 1. The first kappa shape index (κ1) is 18.0. The van der Waals surface area contributed by atoms with Gasteiger partial charge in [0.05, 0.1) is 5.92 Å². The van der Waals surface area contributed by atoms with Crippen molar-refractivity contribution in [3.05, 3.63) is 18.2 Å². The third-order valence-corrected chi connectivity index (χ3v) is 4.69. The summed E-state index contributed by atoms with van der Waals surface area (Å²) < 4.78 is 11.0. The van der Waals surface area contributed by atoms with Crippen LogP contribution in [0.3, 0.4) is 0 Å². The first-order valence-electron chi connectivity index (χ1n) is 8.57. The molecule has 1 N–H and O–H groups in total. The Morgan fingerprint density at radius 2 is 2.00 bits per heavy atom. The van der Waals surface area contributed by atoms with Crippen LogP contribution in [0, 0.1) is 11.8 Å². The lowest BCUT2D eigenvalue weighted by atomic mass is 10.1. The number of carbonyl (C=O) groups is 3. The van der Waals surface area contributed by atoms with Crippen molar-refractivity contribution >= 4 is 23.5 Å². The zero-order valence-electron chi connectivity index (χ0n) is 14.8. The third kappa shape index (κ3) is 3.44. The van der Waals surface area contributed by atoms with Crippen molar-refractivity contribution in [1.82, 2.24) is 4.90 Å². The fraction of sp³-hybridized carbons (Fsp3) is 0.500. The second-order valence-electron chi connectivity index (χ2n) is 6.62. The maximum atomic E-state index is 12.7. The molecule has 2 atom stereocenters. The fourth-order valence-corrected chi connectivity index (χ4v) is 3.21. The maximum Gasteiger partial charge on any atom is 0.308 e. The highest BCUT2D eigenvalue weighted by atomic mass is 16.6. The van der Waals surface area contributed by atoms with Crippen LogP contribution in [0.5, 0.6) is 11.5 Å². The largest absolute Gasteiger partial charge is 0.486 e. The van der Waals surface area contributed by atoms with E-state index in [1.54, 1.807) is 23.1 Å². The quantitative estimate of drug-likeness (QED) is 0.785. The predicted octanol–water partition coefficient (Wildman–Crippen LogP) is 0.990. The van der Waals surface area contributed by atoms with Gasteiger partial charge in [0.2, 0.25) is 11.8 Å². The molecule has 1 aromatic carbocycles. The van der Waals surface area contributed by atoms with Crippen LogP contribution < -0.4 is 14.4 Å². The fourth-order valence-electron chi connectivity index (χ4n) is 3.21. The molecule has 140 valence electrons. The van der Waals surface area contributed by atoms with Crippen LogP contribution in [0.2, 0.25) is 0 Å². The molecule has 0 spiro atoms. The topological polar surface area (TPSA) is 96.4 Å². The molecule has 0 bridgehead atoms. The molecule has 0 aliphatic carbocycles. The minimum absolute atomic E-state index is 0.0714. The number of aliphatic carboxylic acids is 1. The standard InChI is InChI=1S/C18H22N2O6/c1-11(18(23)24)10-19(2)16(21)13-5-6-20(17(13)22)12-3-4-14-15(9-12)26-8-7-25-14/h3-4,9,11,13H,5-8,10H2,1-2H3,(H,23,24). The minimum Gasteiger partial charge on any atom is -0.486 e. The Labute approximate surface area is 151 Å². The summed E-state index contributed by atoms with van der Waals surface area (Å²) in [7, 11) is 1.53. The molecule has 26 heavy (non-hydrogen) atoms. The van der Waals surface area contributed by atoms with Crippen LogP contribution in [0.15, 0.2) is 18.2 Å². The van der Waals surface area contributed by atoms with Crippen LogP contribution in [0.4, 0.5) is 5.69 Å². The number of rotatable bonds is 5. The van der Waals surface area contributed by atoms with E-state index < -0.39 is 17.8 Å². The van der Waals surface area contributed by atoms with Gasteiger partial charge in [-0.25, -0.2) is 0 Å². The minimum atomic E-state index is -0.972. The van der Waals surface area contributed by atoms with Crippen molar-refractivity contribution in [2.45, 2.75) is 13.3 Å². The van der Waals surface area contributed by atoms with E-state index in [1.807, 2.05) is 0 Å². The summed E-state index contributed by atoms with van der Waals surface area (Å²) in [6, 6.07) is 5.27. The summed E-state index contributed by atoms with van der Waals surface area (Å²) in [6.07, 6.45) is 0.401. The van der Waals surface area contributed by atoms with E-state index >= 15 is 0 Å². The van der Waals surface area contributed by atoms with Gasteiger partial charge in [-0.15, -0.1) is 0 Å². The van der Waals surface area contributed by atoms with Crippen molar-refractivity contribution < 1.29 is 29.0 Å². The van der Waals surface area contributed by atoms with E-state index in [0.717, 1.165) is 0 Å². The highest BCUT2D eigenvalue weighted by Crippen LogP contribution is 2.36. The van der Waals surface area contributed by atoms with Crippen molar-refractivity contribution in [2.24, 2.45) is 11.8 Å². The molecule has 2 amide bonds. The van der Waals surface area contributed by atoms with Crippen molar-refractivity contribution in [3.63, 3.8) is 0 Å². The Balaban J connectivity index is 1.69. The molecule has 2 aliphatic heterocycles. The Kier molecular flexibility index (Phi) is 5.01. The number of carbonyl (C=O) groups excluding carboxylic acids is 2. The lowest BCUT2D eigenvalue weighted by Gasteiger charge is -2.24. The van der Waals surface area contributed by atoms with Crippen molar-refractivity contribution in [2.75, 3.05) is 38.3 Å². The maximum absolute atomic E-state index is 12.7. The number of benzene rings is 1. The molecule has 3 rings (SSSR count). The average molecular weight is 362 g/mol. The first-order valence-corrected chi connectivity index (χ1v) is 8.57. The smallest absolute Gasteiger partial charge is 0.308 e. The van der Waals surface area contributed by atoms with Crippen LogP contribution in [0.25, 0.3) is 0 Å². The van der Waals surface area contributed by atoms with E-state index in [-0.39, 0.29) is 18.4 Å². The van der Waals surface area contributed by atoms with Gasteiger partial charge in [0.1, 0.15) is 19.1 Å². The van der Waals surface area contributed by atoms with Gasteiger partial charge in [-0.1, -0.05) is 6.92 Å². The van der Waals surface area contributed by atoms with Gasteiger partial charge in [0.15, 0.2) is 11.5 Å². The molecule has 8 heteroatoms. The zero-order valence-corrected chi connectivity index (χ0v) is 14.8. The highest BCUT2D eigenvalue weighted by Gasteiger charge is 2.39. The zero-order chi connectivity index (χ0) is 18.8. The van der Waals surface area contributed by atoms with Gasteiger partial charge in [-0.3, -0.25) is 14.4 Å². The van der Waals surface area contributed by atoms with Crippen molar-refractivity contribution in [1.29, 1.82) is 0 Å². The number of hydrogen-bond acceptors (Lipinski definition) is 5. The van der Waals surface area contributed by atoms with Gasteiger partial charge in [0, 0.05) is 31.9 Å². The van der Waals surface area contributed by atoms with E-state index in [4.69, 9.17) is 14.6 Å². The van der Waals surface area contributed by atoms with E-state index in [0.29, 0.717) is 43.4 Å². The Morgan fingerprint density at radius 1 is 1.31 bits per heavy atom. The third-order valence-electron chi connectivity index (χ3n) is 4.69. The summed E-state index contributed by atoms with van der Waals surface area (Å²) in [4.78, 5) is 39.1. The summed E-state index contributed by atoms with van der Waals surface area (Å²) in [6.45, 7) is 2.98. The monoisotopic (exact) mass is 362 g/mol. The molecule has 2 unspecified atom stereocenters. The Morgan fingerprint density at radius 3 is 2.69 bits per heavy atom. The Bertz CT molecular complexity index is 734. The molecule has 0 saturated carbocycles. The SMILES string of the molecule is CC(CN(C)C(=O)C1CCN(c2ccc3c(c2)OCCO3)C1=O)C(=O)O. The number of hydrogen-bond donors (Lipinski definition) is 1. The molecule has 0 aromatic heterocycles. The van der Waals surface area contributed by atoms with Crippen molar-refractivity contribution in [3.8, 4) is 11.5 Å². The van der Waals surface area contributed by atoms with Crippen LogP contribution in [-0.4, -0.2) is 61.1 Å².